The number of halogens is 2. The molecule has 0 unspecified atom stereocenters. The summed E-state index contributed by atoms with van der Waals surface area (Å²) in [4.78, 5) is 4.73. The van der Waals surface area contributed by atoms with E-state index in [2.05, 4.69) is 34.1 Å². The molecule has 2 N–H and O–H groups in total. The standard InChI is InChI=1S/C20H21Cl2N3OS/c21-17-6-3-15(11-18(17)22)19-20(24-7-9-26-10-8-24)27-13-25(19)16-4-1-14(12-23)2-5-16/h1-6,11H,7-10,12-13,23H2. The van der Waals surface area contributed by atoms with Gasteiger partial charge in [0.25, 0.3) is 0 Å². The van der Waals surface area contributed by atoms with E-state index in [4.69, 9.17) is 33.7 Å². The van der Waals surface area contributed by atoms with Gasteiger partial charge >= 0.3 is 0 Å². The molecule has 0 amide bonds. The third-order valence-electron chi connectivity index (χ3n) is 4.78. The third kappa shape index (κ3) is 3.93. The fourth-order valence-corrected chi connectivity index (χ4v) is 4.88. The van der Waals surface area contributed by atoms with Crippen molar-refractivity contribution >= 4 is 46.3 Å². The monoisotopic (exact) mass is 421 g/mol. The van der Waals surface area contributed by atoms with E-state index in [1.54, 1.807) is 0 Å². The Kier molecular flexibility index (Phi) is 5.85. The van der Waals surface area contributed by atoms with Gasteiger partial charge in [-0.15, -0.1) is 0 Å². The average molecular weight is 422 g/mol. The lowest BCUT2D eigenvalue weighted by Gasteiger charge is -2.30. The fourth-order valence-electron chi connectivity index (χ4n) is 3.32. The summed E-state index contributed by atoms with van der Waals surface area (Å²) in [7, 11) is 0. The molecule has 0 atom stereocenters. The van der Waals surface area contributed by atoms with Gasteiger partial charge in [-0.2, -0.15) is 0 Å². The minimum atomic E-state index is 0.545. The van der Waals surface area contributed by atoms with E-state index >= 15 is 0 Å². The van der Waals surface area contributed by atoms with Crippen LogP contribution in [0.25, 0.3) is 5.70 Å². The molecule has 2 aromatic rings. The molecule has 4 nitrogen and oxygen atoms in total. The minimum Gasteiger partial charge on any atom is -0.378 e. The predicted molar refractivity (Wildman–Crippen MR) is 115 cm³/mol. The molecule has 0 radical (unpaired) electrons. The van der Waals surface area contributed by atoms with Crippen LogP contribution in [-0.4, -0.2) is 37.1 Å². The number of hydrogen-bond donors (Lipinski definition) is 1. The summed E-state index contributed by atoms with van der Waals surface area (Å²) in [6.07, 6.45) is 0. The first kappa shape index (κ1) is 19.0. The Morgan fingerprint density at radius 2 is 1.74 bits per heavy atom. The van der Waals surface area contributed by atoms with Crippen molar-refractivity contribution < 1.29 is 4.74 Å². The van der Waals surface area contributed by atoms with Crippen LogP contribution in [0.2, 0.25) is 10.0 Å². The van der Waals surface area contributed by atoms with E-state index in [1.165, 1.54) is 10.7 Å². The van der Waals surface area contributed by atoms with Gasteiger partial charge in [0, 0.05) is 30.9 Å². The number of hydrogen-bond acceptors (Lipinski definition) is 5. The van der Waals surface area contributed by atoms with Gasteiger partial charge in [-0.05, 0) is 29.8 Å². The van der Waals surface area contributed by atoms with Crippen LogP contribution >= 0.6 is 35.0 Å². The average Bonchev–Trinajstić information content (AvgIpc) is 3.16. The van der Waals surface area contributed by atoms with E-state index < -0.39 is 0 Å². The summed E-state index contributed by atoms with van der Waals surface area (Å²) in [6.45, 7) is 3.84. The maximum absolute atomic E-state index is 6.33. The van der Waals surface area contributed by atoms with Gasteiger partial charge in [0.15, 0.2) is 0 Å². The van der Waals surface area contributed by atoms with Crippen molar-refractivity contribution in [1.82, 2.24) is 4.90 Å². The molecule has 142 valence electrons. The van der Waals surface area contributed by atoms with Gasteiger partial charge in [-0.1, -0.05) is 53.2 Å². The lowest BCUT2D eigenvalue weighted by atomic mass is 10.1. The molecule has 2 aliphatic heterocycles. The normalized spacial score (nSPS) is 17.7. The zero-order chi connectivity index (χ0) is 18.8. The van der Waals surface area contributed by atoms with E-state index in [0.717, 1.165) is 49.0 Å². The second kappa shape index (κ2) is 8.33. The van der Waals surface area contributed by atoms with Gasteiger partial charge in [-0.3, -0.25) is 0 Å². The van der Waals surface area contributed by atoms with Crippen molar-refractivity contribution in [3.8, 4) is 0 Å². The molecule has 27 heavy (non-hydrogen) atoms. The molecule has 0 aliphatic carbocycles. The molecule has 2 heterocycles. The first-order valence-electron chi connectivity index (χ1n) is 8.89. The number of ether oxygens (including phenoxy) is 1. The minimum absolute atomic E-state index is 0.545. The molecule has 2 aliphatic rings. The number of rotatable bonds is 4. The zero-order valence-electron chi connectivity index (χ0n) is 14.8. The maximum atomic E-state index is 6.33. The Labute approximate surface area is 173 Å². The molecule has 2 aromatic carbocycles. The summed E-state index contributed by atoms with van der Waals surface area (Å²) < 4.78 is 5.53. The van der Waals surface area contributed by atoms with Crippen molar-refractivity contribution in [2.45, 2.75) is 6.54 Å². The van der Waals surface area contributed by atoms with Gasteiger partial charge in [0.05, 0.1) is 39.9 Å². The van der Waals surface area contributed by atoms with Crippen LogP contribution in [-0.2, 0) is 11.3 Å². The van der Waals surface area contributed by atoms with Crippen LogP contribution in [0.1, 0.15) is 11.1 Å². The molecule has 1 fully saturated rings. The fraction of sp³-hybridized carbons (Fsp3) is 0.300. The van der Waals surface area contributed by atoms with E-state index in [0.29, 0.717) is 16.6 Å². The summed E-state index contributed by atoms with van der Waals surface area (Å²) in [5.74, 6) is 0.851. The summed E-state index contributed by atoms with van der Waals surface area (Å²) >= 11 is 14.3. The van der Waals surface area contributed by atoms with Crippen molar-refractivity contribution in [3.05, 3.63) is 68.7 Å². The van der Waals surface area contributed by atoms with Crippen LogP contribution in [0.4, 0.5) is 5.69 Å². The second-order valence-corrected chi connectivity index (χ2v) is 8.20. The highest BCUT2D eigenvalue weighted by Crippen LogP contribution is 2.43. The highest BCUT2D eigenvalue weighted by molar-refractivity contribution is 8.03. The van der Waals surface area contributed by atoms with Gasteiger partial charge in [0.2, 0.25) is 0 Å². The van der Waals surface area contributed by atoms with E-state index in [-0.39, 0.29) is 0 Å². The maximum Gasteiger partial charge on any atom is 0.0975 e. The Hall–Kier alpha value is -1.37. The zero-order valence-corrected chi connectivity index (χ0v) is 17.2. The van der Waals surface area contributed by atoms with Gasteiger partial charge in [-0.25, -0.2) is 0 Å². The summed E-state index contributed by atoms with van der Waals surface area (Å²) in [6, 6.07) is 14.3. The van der Waals surface area contributed by atoms with E-state index in [9.17, 15) is 0 Å². The van der Waals surface area contributed by atoms with E-state index in [1.807, 2.05) is 30.0 Å². The Balaban J connectivity index is 1.77. The highest BCUT2D eigenvalue weighted by Gasteiger charge is 2.30. The third-order valence-corrected chi connectivity index (χ3v) is 6.63. The van der Waals surface area contributed by atoms with Crippen molar-refractivity contribution in [3.63, 3.8) is 0 Å². The second-order valence-electron chi connectivity index (χ2n) is 6.45. The molecule has 7 heteroatoms. The van der Waals surface area contributed by atoms with Crippen LogP contribution in [0.15, 0.2) is 47.5 Å². The van der Waals surface area contributed by atoms with Crippen LogP contribution in [0, 0.1) is 0 Å². The lowest BCUT2D eigenvalue weighted by molar-refractivity contribution is 0.0580. The summed E-state index contributed by atoms with van der Waals surface area (Å²) in [5, 5.41) is 2.40. The Bertz CT molecular complexity index is 851. The highest BCUT2D eigenvalue weighted by atomic mass is 35.5. The molecule has 0 aromatic heterocycles. The SMILES string of the molecule is NCc1ccc(N2CSC(N3CCOCC3)=C2c2ccc(Cl)c(Cl)c2)cc1. The molecular formula is C20H21Cl2N3OS. The van der Waals surface area contributed by atoms with Gasteiger partial charge < -0.3 is 20.3 Å². The lowest BCUT2D eigenvalue weighted by Crippen LogP contribution is -2.35. The molecule has 4 rings (SSSR count). The largest absolute Gasteiger partial charge is 0.378 e. The number of nitrogens with zero attached hydrogens (tertiary/aromatic N) is 2. The first-order valence-corrected chi connectivity index (χ1v) is 10.6. The van der Waals surface area contributed by atoms with Crippen LogP contribution in [0.5, 0.6) is 0 Å². The molecule has 0 bridgehead atoms. The molecular weight excluding hydrogens is 401 g/mol. The molecule has 0 saturated carbocycles. The van der Waals surface area contributed by atoms with Crippen LogP contribution < -0.4 is 10.6 Å². The molecule has 0 spiro atoms. The Morgan fingerprint density at radius 3 is 2.41 bits per heavy atom. The number of morpholine rings is 1. The number of thioether (sulfide) groups is 1. The van der Waals surface area contributed by atoms with Crippen molar-refractivity contribution in [2.24, 2.45) is 5.73 Å². The smallest absolute Gasteiger partial charge is 0.0975 e. The number of anilines is 1. The van der Waals surface area contributed by atoms with Gasteiger partial charge in [0.1, 0.15) is 0 Å². The van der Waals surface area contributed by atoms with Crippen molar-refractivity contribution in [2.75, 3.05) is 37.1 Å². The number of benzene rings is 2. The topological polar surface area (TPSA) is 41.7 Å². The molecule has 1 saturated heterocycles. The number of nitrogens with two attached hydrogens (primary N) is 1. The van der Waals surface area contributed by atoms with Crippen molar-refractivity contribution in [1.29, 1.82) is 0 Å². The first-order chi connectivity index (χ1) is 13.2. The predicted octanol–water partition coefficient (Wildman–Crippen LogP) is 4.62. The summed E-state index contributed by atoms with van der Waals surface area (Å²) in [5.41, 5.74) is 10.3. The van der Waals surface area contributed by atoms with Crippen LogP contribution in [0.3, 0.4) is 0 Å². The quantitative estimate of drug-likeness (QED) is 0.779. The Morgan fingerprint density at radius 1 is 1.00 bits per heavy atom.